The number of nitrogens with one attached hydrogen (secondary N) is 3. The first kappa shape index (κ1) is 21.5. The summed E-state index contributed by atoms with van der Waals surface area (Å²) in [4.78, 5) is 42.7. The maximum Gasteiger partial charge on any atom is 0.255 e. The lowest BCUT2D eigenvalue weighted by Gasteiger charge is -2.29. The van der Waals surface area contributed by atoms with Gasteiger partial charge in [-0.2, -0.15) is 0 Å². The van der Waals surface area contributed by atoms with Crippen molar-refractivity contribution in [3.63, 3.8) is 0 Å². The molecule has 2 saturated heterocycles. The molecule has 1 aromatic heterocycles. The van der Waals surface area contributed by atoms with Crippen LogP contribution in [0.4, 0.5) is 0 Å². The average molecular weight is 450 g/mol. The molecule has 172 valence electrons. The van der Waals surface area contributed by atoms with Crippen molar-refractivity contribution >= 4 is 17.7 Å². The number of piperidine rings is 1. The number of imide groups is 1. The molecule has 0 saturated carbocycles. The van der Waals surface area contributed by atoms with Crippen molar-refractivity contribution in [1.82, 2.24) is 25.8 Å². The van der Waals surface area contributed by atoms with Gasteiger partial charge in [-0.3, -0.25) is 19.7 Å². The van der Waals surface area contributed by atoms with Gasteiger partial charge in [0.05, 0.1) is 0 Å². The van der Waals surface area contributed by atoms with Crippen molar-refractivity contribution in [1.29, 1.82) is 0 Å². The molecule has 3 N–H and O–H groups in total. The van der Waals surface area contributed by atoms with Crippen molar-refractivity contribution in [2.45, 2.75) is 51.0 Å². The maximum atomic E-state index is 12.9. The van der Waals surface area contributed by atoms with E-state index in [0.29, 0.717) is 37.5 Å². The molecule has 9 heteroatoms. The van der Waals surface area contributed by atoms with Crippen LogP contribution >= 0.6 is 0 Å². The number of fused-ring (bicyclic) bond motifs is 1. The third-order valence-corrected chi connectivity index (χ3v) is 6.42. The van der Waals surface area contributed by atoms with E-state index in [-0.39, 0.29) is 24.3 Å². The number of carbonyl (C=O) groups is 3. The Labute approximate surface area is 191 Å². The third-order valence-electron chi connectivity index (χ3n) is 6.42. The number of benzene rings is 1. The zero-order valence-electron chi connectivity index (χ0n) is 18.3. The average Bonchev–Trinajstić information content (AvgIpc) is 3.44. The molecule has 0 aliphatic carbocycles. The first-order valence-electron chi connectivity index (χ1n) is 11.4. The molecule has 2 unspecified atom stereocenters. The molecule has 9 nitrogen and oxygen atoms in total. The number of pyridine rings is 1. The molecule has 3 aliphatic rings. The SMILES string of the molecule is O=C1CCC(N2Cc3c(CNCc4ccc(OC5CCNC5)nc4)cccc3C2=O)C(=O)N1. The van der Waals surface area contributed by atoms with E-state index in [1.807, 2.05) is 30.5 Å². The van der Waals surface area contributed by atoms with Gasteiger partial charge >= 0.3 is 0 Å². The Morgan fingerprint density at radius 3 is 2.79 bits per heavy atom. The van der Waals surface area contributed by atoms with Gasteiger partial charge in [-0.1, -0.05) is 18.2 Å². The second-order valence-electron chi connectivity index (χ2n) is 8.68. The molecule has 3 aliphatic heterocycles. The van der Waals surface area contributed by atoms with Gasteiger partial charge in [-0.25, -0.2) is 4.98 Å². The van der Waals surface area contributed by atoms with Crippen molar-refractivity contribution < 1.29 is 19.1 Å². The van der Waals surface area contributed by atoms with Crippen LogP contribution in [0.3, 0.4) is 0 Å². The number of rotatable bonds is 7. The predicted octanol–water partition coefficient (Wildman–Crippen LogP) is 0.873. The van der Waals surface area contributed by atoms with E-state index in [4.69, 9.17) is 4.74 Å². The van der Waals surface area contributed by atoms with E-state index < -0.39 is 11.9 Å². The van der Waals surface area contributed by atoms with E-state index in [1.54, 1.807) is 11.0 Å². The van der Waals surface area contributed by atoms with Crippen LogP contribution in [0, 0.1) is 0 Å². The minimum Gasteiger partial charge on any atom is -0.473 e. The fourth-order valence-corrected chi connectivity index (χ4v) is 4.64. The summed E-state index contributed by atoms with van der Waals surface area (Å²) in [6, 6.07) is 8.96. The first-order chi connectivity index (χ1) is 16.1. The van der Waals surface area contributed by atoms with Crippen LogP contribution in [0.15, 0.2) is 36.5 Å². The van der Waals surface area contributed by atoms with E-state index in [0.717, 1.165) is 36.2 Å². The van der Waals surface area contributed by atoms with Crippen LogP contribution in [0.5, 0.6) is 5.88 Å². The summed E-state index contributed by atoms with van der Waals surface area (Å²) in [5.74, 6) is -0.190. The monoisotopic (exact) mass is 449 g/mol. The van der Waals surface area contributed by atoms with Crippen LogP contribution in [-0.4, -0.2) is 52.8 Å². The zero-order valence-corrected chi connectivity index (χ0v) is 18.3. The van der Waals surface area contributed by atoms with Crippen LogP contribution in [0.2, 0.25) is 0 Å². The van der Waals surface area contributed by atoms with Crippen molar-refractivity contribution in [2.24, 2.45) is 0 Å². The number of amides is 3. The molecule has 2 aromatic rings. The smallest absolute Gasteiger partial charge is 0.255 e. The van der Waals surface area contributed by atoms with Gasteiger partial charge in [0.2, 0.25) is 17.7 Å². The van der Waals surface area contributed by atoms with Crippen molar-refractivity contribution in [2.75, 3.05) is 13.1 Å². The fourth-order valence-electron chi connectivity index (χ4n) is 4.64. The van der Waals surface area contributed by atoms with Gasteiger partial charge in [-0.15, -0.1) is 0 Å². The van der Waals surface area contributed by atoms with Gasteiger partial charge in [0, 0.05) is 50.4 Å². The molecule has 4 heterocycles. The lowest BCUT2D eigenvalue weighted by molar-refractivity contribution is -0.136. The van der Waals surface area contributed by atoms with Crippen LogP contribution < -0.4 is 20.7 Å². The van der Waals surface area contributed by atoms with Gasteiger partial charge in [-0.05, 0) is 42.1 Å². The highest BCUT2D eigenvalue weighted by Crippen LogP contribution is 2.29. The van der Waals surface area contributed by atoms with Crippen LogP contribution in [-0.2, 0) is 29.2 Å². The normalized spacial score (nSPS) is 22.4. The Kier molecular flexibility index (Phi) is 6.06. The highest BCUT2D eigenvalue weighted by atomic mass is 16.5. The molecule has 2 atom stereocenters. The number of carbonyl (C=O) groups excluding carboxylic acids is 3. The van der Waals surface area contributed by atoms with Crippen LogP contribution in [0.25, 0.3) is 0 Å². The molecule has 1 aromatic carbocycles. The molecule has 0 spiro atoms. The zero-order chi connectivity index (χ0) is 22.8. The summed E-state index contributed by atoms with van der Waals surface area (Å²) >= 11 is 0. The first-order valence-corrected chi connectivity index (χ1v) is 11.4. The van der Waals surface area contributed by atoms with E-state index in [2.05, 4.69) is 20.9 Å². The summed E-state index contributed by atoms with van der Waals surface area (Å²) in [7, 11) is 0. The lowest BCUT2D eigenvalue weighted by atomic mass is 10.0. The molecule has 0 radical (unpaired) electrons. The van der Waals surface area contributed by atoms with Gasteiger partial charge in [0.15, 0.2) is 0 Å². The second kappa shape index (κ2) is 9.29. The van der Waals surface area contributed by atoms with Crippen molar-refractivity contribution in [3.05, 3.63) is 58.8 Å². The number of hydrogen-bond acceptors (Lipinski definition) is 7. The molecule has 3 amide bonds. The third kappa shape index (κ3) is 4.60. The summed E-state index contributed by atoms with van der Waals surface area (Å²) < 4.78 is 5.86. The summed E-state index contributed by atoms with van der Waals surface area (Å²) in [6.07, 6.45) is 3.61. The Morgan fingerprint density at radius 1 is 1.12 bits per heavy atom. The van der Waals surface area contributed by atoms with Crippen LogP contribution in [0.1, 0.15) is 46.3 Å². The van der Waals surface area contributed by atoms with Gasteiger partial charge in [0.25, 0.3) is 5.91 Å². The molecule has 2 fully saturated rings. The Bertz CT molecular complexity index is 1070. The Hall–Kier alpha value is -3.30. The molecular formula is C24H27N5O4. The van der Waals surface area contributed by atoms with Gasteiger partial charge < -0.3 is 20.3 Å². The molecular weight excluding hydrogens is 422 g/mol. The Morgan fingerprint density at radius 2 is 2.03 bits per heavy atom. The second-order valence-corrected chi connectivity index (χ2v) is 8.68. The summed E-state index contributed by atoms with van der Waals surface area (Å²) in [5, 5.41) is 9.03. The molecule has 5 rings (SSSR count). The molecule has 33 heavy (non-hydrogen) atoms. The number of ether oxygens (including phenoxy) is 1. The lowest BCUT2D eigenvalue weighted by Crippen LogP contribution is -2.52. The molecule has 0 bridgehead atoms. The number of nitrogens with zero attached hydrogens (tertiary/aromatic N) is 2. The quantitative estimate of drug-likeness (QED) is 0.538. The topological polar surface area (TPSA) is 113 Å². The van der Waals surface area contributed by atoms with Crippen molar-refractivity contribution in [3.8, 4) is 5.88 Å². The van der Waals surface area contributed by atoms with Gasteiger partial charge in [0.1, 0.15) is 12.1 Å². The standard InChI is InChI=1S/C24H27N5O4/c30-21-6-5-20(23(31)28-21)29-14-19-16(2-1-3-18(19)24(29)32)12-26-10-15-4-7-22(27-11-15)33-17-8-9-25-13-17/h1-4,7,11,17,20,25-26H,5-6,8-10,12-14H2,(H,28,30,31). The Balaban J connectivity index is 1.19. The van der Waals surface area contributed by atoms with E-state index in [1.165, 1.54) is 0 Å². The maximum absolute atomic E-state index is 12.9. The minimum atomic E-state index is -0.602. The fraction of sp³-hybridized carbons (Fsp3) is 0.417. The van der Waals surface area contributed by atoms with E-state index in [9.17, 15) is 14.4 Å². The summed E-state index contributed by atoms with van der Waals surface area (Å²) in [6.45, 7) is 3.43. The number of hydrogen-bond donors (Lipinski definition) is 3. The highest BCUT2D eigenvalue weighted by Gasteiger charge is 2.39. The predicted molar refractivity (Wildman–Crippen MR) is 119 cm³/mol. The number of aromatic nitrogens is 1. The highest BCUT2D eigenvalue weighted by molar-refractivity contribution is 6.05. The largest absolute Gasteiger partial charge is 0.473 e. The minimum absolute atomic E-state index is 0.154. The summed E-state index contributed by atoms with van der Waals surface area (Å²) in [5.41, 5.74) is 3.63. The van der Waals surface area contributed by atoms with E-state index >= 15 is 0 Å².